The number of hydrogen-bond acceptors (Lipinski definition) is 7. The fourth-order valence-electron chi connectivity index (χ4n) is 4.38. The maximum atomic E-state index is 12.9. The van der Waals surface area contributed by atoms with Crippen molar-refractivity contribution in [1.82, 2.24) is 5.32 Å². The highest BCUT2D eigenvalue weighted by Crippen LogP contribution is 2.42. The largest absolute Gasteiger partial charge is 0.455 e. The number of fused-ring (bicyclic) bond motifs is 2. The number of rotatable bonds is 5. The van der Waals surface area contributed by atoms with Gasteiger partial charge in [-0.25, -0.2) is 16.8 Å². The van der Waals surface area contributed by atoms with Crippen LogP contribution in [0.4, 0.5) is 5.69 Å². The number of furan rings is 1. The van der Waals surface area contributed by atoms with Gasteiger partial charge in [-0.2, -0.15) is 0 Å². The molecule has 9 nitrogen and oxygen atoms in total. The van der Waals surface area contributed by atoms with Crippen LogP contribution in [0.5, 0.6) is 0 Å². The molecule has 1 amide bonds. The molecular weight excluding hydrogens is 492 g/mol. The molecule has 0 saturated heterocycles. The summed E-state index contributed by atoms with van der Waals surface area (Å²) in [6, 6.07) is 10.8. The predicted octanol–water partition coefficient (Wildman–Crippen LogP) is 3.04. The van der Waals surface area contributed by atoms with Crippen molar-refractivity contribution < 1.29 is 30.8 Å². The summed E-state index contributed by atoms with van der Waals surface area (Å²) in [7, 11) is -5.69. The second-order valence-corrected chi connectivity index (χ2v) is 13.0. The molecule has 4 rings (SSSR count). The number of sulfonamides is 1. The SMILES string of the molecule is CNC(=O)c1c(-c2ccc(C)cc2)oc2cc3c(cc12)[C@H](C)O[C@@H](CS(C)(=O)=O)CN3S(C)(=O)=O. The molecular formula is C24H28N2O7S2. The molecule has 1 N–H and O–H groups in total. The number of benzene rings is 2. The fraction of sp³-hybridized carbons (Fsp3) is 0.375. The summed E-state index contributed by atoms with van der Waals surface area (Å²) >= 11 is 0. The van der Waals surface area contributed by atoms with Crippen LogP contribution in [-0.2, 0) is 24.6 Å². The summed E-state index contributed by atoms with van der Waals surface area (Å²) in [5.41, 5.74) is 3.26. The number of hydrogen-bond donors (Lipinski definition) is 1. The van der Waals surface area contributed by atoms with Gasteiger partial charge < -0.3 is 14.5 Å². The van der Waals surface area contributed by atoms with Crippen LogP contribution in [0.25, 0.3) is 22.3 Å². The Morgan fingerprint density at radius 3 is 2.34 bits per heavy atom. The van der Waals surface area contributed by atoms with Gasteiger partial charge in [0.25, 0.3) is 5.91 Å². The smallest absolute Gasteiger partial charge is 0.255 e. The topological polar surface area (TPSA) is 123 Å². The van der Waals surface area contributed by atoms with E-state index >= 15 is 0 Å². The molecule has 0 aliphatic carbocycles. The summed E-state index contributed by atoms with van der Waals surface area (Å²) in [5.74, 6) is -0.306. The van der Waals surface area contributed by atoms with E-state index in [1.165, 1.54) is 7.05 Å². The van der Waals surface area contributed by atoms with Gasteiger partial charge in [-0.1, -0.05) is 29.8 Å². The van der Waals surface area contributed by atoms with E-state index in [1.54, 1.807) is 19.1 Å². The second-order valence-electron chi connectivity index (χ2n) is 8.95. The Morgan fingerprint density at radius 1 is 1.11 bits per heavy atom. The Labute approximate surface area is 205 Å². The van der Waals surface area contributed by atoms with Gasteiger partial charge in [0.1, 0.15) is 21.2 Å². The molecule has 1 aliphatic rings. The van der Waals surface area contributed by atoms with Crippen LogP contribution < -0.4 is 9.62 Å². The van der Waals surface area contributed by atoms with Gasteiger partial charge in [0.15, 0.2) is 0 Å². The van der Waals surface area contributed by atoms with Crippen LogP contribution in [0, 0.1) is 6.92 Å². The van der Waals surface area contributed by atoms with E-state index in [-0.39, 0.29) is 18.2 Å². The maximum Gasteiger partial charge on any atom is 0.255 e. The number of nitrogens with zero attached hydrogens (tertiary/aromatic N) is 1. The first kappa shape index (κ1) is 25.2. The van der Waals surface area contributed by atoms with Gasteiger partial charge >= 0.3 is 0 Å². The number of sulfone groups is 1. The molecule has 2 heterocycles. The van der Waals surface area contributed by atoms with E-state index < -0.39 is 32.1 Å². The van der Waals surface area contributed by atoms with Crippen LogP contribution in [0.2, 0.25) is 0 Å². The molecule has 0 spiro atoms. The quantitative estimate of drug-likeness (QED) is 0.548. The minimum atomic E-state index is -3.79. The fourth-order valence-corrected chi connectivity index (χ4v) is 6.19. The van der Waals surface area contributed by atoms with E-state index in [1.807, 2.05) is 31.2 Å². The predicted molar refractivity (Wildman–Crippen MR) is 135 cm³/mol. The van der Waals surface area contributed by atoms with Crippen molar-refractivity contribution in [1.29, 1.82) is 0 Å². The normalized spacial score (nSPS) is 18.8. The third-order valence-corrected chi connectivity index (χ3v) is 8.09. The van der Waals surface area contributed by atoms with Crippen molar-refractivity contribution >= 4 is 42.4 Å². The van der Waals surface area contributed by atoms with E-state index in [4.69, 9.17) is 9.15 Å². The second kappa shape index (κ2) is 8.96. The first-order chi connectivity index (χ1) is 16.3. The zero-order chi connectivity index (χ0) is 25.7. The molecule has 2 atom stereocenters. The monoisotopic (exact) mass is 520 g/mol. The Hall–Kier alpha value is -2.89. The van der Waals surface area contributed by atoms with Crippen molar-refractivity contribution in [2.75, 3.05) is 36.2 Å². The van der Waals surface area contributed by atoms with Gasteiger partial charge in [-0.05, 0) is 19.9 Å². The lowest BCUT2D eigenvalue weighted by Crippen LogP contribution is -2.39. The Bertz CT molecular complexity index is 1510. The maximum absolute atomic E-state index is 12.9. The molecule has 0 bridgehead atoms. The van der Waals surface area contributed by atoms with Crippen LogP contribution in [-0.4, -0.2) is 60.7 Å². The lowest BCUT2D eigenvalue weighted by Gasteiger charge is -2.24. The van der Waals surface area contributed by atoms with Crippen molar-refractivity contribution in [3.63, 3.8) is 0 Å². The molecule has 35 heavy (non-hydrogen) atoms. The van der Waals surface area contributed by atoms with Crippen molar-refractivity contribution in [2.45, 2.75) is 26.1 Å². The summed E-state index contributed by atoms with van der Waals surface area (Å²) in [5, 5.41) is 3.15. The number of aryl methyl sites for hydroxylation is 1. The first-order valence-electron chi connectivity index (χ1n) is 11.0. The van der Waals surface area contributed by atoms with Gasteiger partial charge in [0.05, 0.1) is 42.0 Å². The molecule has 188 valence electrons. The highest BCUT2D eigenvalue weighted by molar-refractivity contribution is 7.92. The Morgan fingerprint density at radius 2 is 1.77 bits per heavy atom. The molecule has 1 aliphatic heterocycles. The minimum Gasteiger partial charge on any atom is -0.455 e. The zero-order valence-corrected chi connectivity index (χ0v) is 21.8. The average Bonchev–Trinajstić information content (AvgIpc) is 3.06. The van der Waals surface area contributed by atoms with Gasteiger partial charge in [0.2, 0.25) is 10.0 Å². The van der Waals surface area contributed by atoms with Crippen molar-refractivity contribution in [2.24, 2.45) is 0 Å². The molecule has 3 aromatic rings. The first-order valence-corrected chi connectivity index (χ1v) is 14.9. The standard InChI is InChI=1S/C24H28N2O7S2/c1-14-6-8-16(9-7-14)23-22(24(27)25-3)19-10-18-15(2)32-17(13-34(4,28)29)12-26(35(5,30)31)20(18)11-21(19)33-23/h6-11,15,17H,12-13H2,1-5H3,(H,25,27)/t15-,17+/m0/s1. The summed E-state index contributed by atoms with van der Waals surface area (Å²) in [4.78, 5) is 12.9. The molecule has 0 fully saturated rings. The highest BCUT2D eigenvalue weighted by Gasteiger charge is 2.35. The van der Waals surface area contributed by atoms with Crippen LogP contribution >= 0.6 is 0 Å². The minimum absolute atomic E-state index is 0.164. The van der Waals surface area contributed by atoms with Crippen LogP contribution in [0.1, 0.15) is 34.5 Å². The molecule has 2 aromatic carbocycles. The summed E-state index contributed by atoms with van der Waals surface area (Å²) in [6.45, 7) is 3.52. The van der Waals surface area contributed by atoms with Crippen molar-refractivity contribution in [3.8, 4) is 11.3 Å². The molecule has 1 aromatic heterocycles. The Balaban J connectivity index is 1.96. The van der Waals surface area contributed by atoms with E-state index in [0.29, 0.717) is 39.1 Å². The summed E-state index contributed by atoms with van der Waals surface area (Å²) < 4.78 is 62.7. The number of carbonyl (C=O) groups is 1. The average molecular weight is 521 g/mol. The van der Waals surface area contributed by atoms with E-state index in [0.717, 1.165) is 22.4 Å². The van der Waals surface area contributed by atoms with Gasteiger partial charge in [-0.15, -0.1) is 0 Å². The van der Waals surface area contributed by atoms with Gasteiger partial charge in [-0.3, -0.25) is 9.10 Å². The lowest BCUT2D eigenvalue weighted by atomic mass is 10.00. The zero-order valence-electron chi connectivity index (χ0n) is 20.2. The number of nitrogens with one attached hydrogen (secondary N) is 1. The summed E-state index contributed by atoms with van der Waals surface area (Å²) in [6.07, 6.45) is 0.641. The van der Waals surface area contributed by atoms with E-state index in [9.17, 15) is 21.6 Å². The van der Waals surface area contributed by atoms with E-state index in [2.05, 4.69) is 5.32 Å². The molecule has 0 saturated carbocycles. The molecule has 0 unspecified atom stereocenters. The van der Waals surface area contributed by atoms with Crippen LogP contribution in [0.15, 0.2) is 40.8 Å². The number of ether oxygens (including phenoxy) is 1. The van der Waals surface area contributed by atoms with Crippen LogP contribution in [0.3, 0.4) is 0 Å². The number of carbonyl (C=O) groups excluding carboxylic acids is 1. The number of amides is 1. The lowest BCUT2D eigenvalue weighted by molar-refractivity contribution is 0.0193. The third kappa shape index (κ3) is 5.07. The highest BCUT2D eigenvalue weighted by atomic mass is 32.2. The Kier molecular flexibility index (Phi) is 6.45. The third-order valence-electron chi connectivity index (χ3n) is 5.97. The van der Waals surface area contributed by atoms with Gasteiger partial charge in [0, 0.05) is 35.9 Å². The number of anilines is 1. The molecule has 11 heteroatoms. The van der Waals surface area contributed by atoms with Crippen molar-refractivity contribution in [3.05, 3.63) is 53.1 Å². The molecule has 0 radical (unpaired) electrons.